The van der Waals surface area contributed by atoms with Crippen LogP contribution >= 0.6 is 0 Å². The number of likely N-dealkylation sites (tertiary alicyclic amines) is 1. The predicted octanol–water partition coefficient (Wildman–Crippen LogP) is 1.95. The Balaban J connectivity index is 1.84. The van der Waals surface area contributed by atoms with Crippen LogP contribution in [0.25, 0.3) is 0 Å². The Bertz CT molecular complexity index is 515. The van der Waals surface area contributed by atoms with Crippen molar-refractivity contribution in [3.8, 4) is 6.07 Å². The number of carbonyl (C=O) groups excluding carboxylic acids is 1. The Morgan fingerprint density at radius 3 is 2.80 bits per heavy atom. The van der Waals surface area contributed by atoms with E-state index in [1.807, 2.05) is 17.0 Å². The van der Waals surface area contributed by atoms with Crippen molar-refractivity contribution in [2.75, 3.05) is 30.7 Å². The Morgan fingerprint density at radius 1 is 1.35 bits per heavy atom. The molecule has 20 heavy (non-hydrogen) atoms. The third-order valence-electron chi connectivity index (χ3n) is 3.59. The van der Waals surface area contributed by atoms with Crippen LogP contribution in [0.2, 0.25) is 0 Å². The summed E-state index contributed by atoms with van der Waals surface area (Å²) in [6.07, 6.45) is 3.89. The Morgan fingerprint density at radius 2 is 2.10 bits per heavy atom. The zero-order valence-corrected chi connectivity index (χ0v) is 11.6. The molecule has 1 heterocycles. The van der Waals surface area contributed by atoms with Gasteiger partial charge in [0.05, 0.1) is 16.9 Å². The molecule has 0 radical (unpaired) electrons. The molecule has 106 valence electrons. The molecule has 1 aliphatic heterocycles. The Labute approximate surface area is 119 Å². The summed E-state index contributed by atoms with van der Waals surface area (Å²) in [6, 6.07) is 7.33. The maximum Gasteiger partial charge on any atom is 0.224 e. The van der Waals surface area contributed by atoms with Gasteiger partial charge in [-0.3, -0.25) is 4.79 Å². The second kappa shape index (κ2) is 6.80. The third-order valence-corrected chi connectivity index (χ3v) is 3.59. The number of hydrogen-bond acceptors (Lipinski definition) is 4. The Hall–Kier alpha value is -2.22. The van der Waals surface area contributed by atoms with Gasteiger partial charge in [0, 0.05) is 26.1 Å². The molecule has 0 saturated carbocycles. The molecule has 2 rings (SSSR count). The summed E-state index contributed by atoms with van der Waals surface area (Å²) in [5, 5.41) is 12.0. The average Bonchev–Trinajstić information content (AvgIpc) is 2.49. The highest BCUT2D eigenvalue weighted by Crippen LogP contribution is 2.21. The van der Waals surface area contributed by atoms with Crippen LogP contribution in [0, 0.1) is 11.3 Å². The van der Waals surface area contributed by atoms with Crippen LogP contribution in [0.3, 0.4) is 0 Å². The second-order valence-corrected chi connectivity index (χ2v) is 5.00. The highest BCUT2D eigenvalue weighted by molar-refractivity contribution is 5.78. The first kappa shape index (κ1) is 14.2. The molecule has 0 spiro atoms. The van der Waals surface area contributed by atoms with Crippen molar-refractivity contribution in [1.29, 1.82) is 5.26 Å². The normalized spacial score (nSPS) is 14.7. The lowest BCUT2D eigenvalue weighted by Crippen LogP contribution is -2.36. The van der Waals surface area contributed by atoms with Gasteiger partial charge >= 0.3 is 0 Å². The van der Waals surface area contributed by atoms with Crippen LogP contribution in [-0.4, -0.2) is 30.4 Å². The molecule has 1 fully saturated rings. The number of nitrogens with zero attached hydrogens (tertiary/aromatic N) is 2. The number of benzene rings is 1. The maximum atomic E-state index is 12.0. The number of rotatable bonds is 4. The molecule has 5 nitrogen and oxygen atoms in total. The fraction of sp³-hybridized carbons (Fsp3) is 0.467. The fourth-order valence-corrected chi connectivity index (χ4v) is 2.42. The SMILES string of the molecule is N#Cc1cccc(NCCC(=O)N2CCCCC2)c1N. The topological polar surface area (TPSA) is 82.2 Å². The van der Waals surface area contributed by atoms with Crippen molar-refractivity contribution in [1.82, 2.24) is 4.90 Å². The second-order valence-electron chi connectivity index (χ2n) is 5.00. The monoisotopic (exact) mass is 272 g/mol. The van der Waals surface area contributed by atoms with Crippen LogP contribution in [0.15, 0.2) is 18.2 Å². The molecule has 0 aromatic heterocycles. The van der Waals surface area contributed by atoms with Gasteiger partial charge < -0.3 is 16.0 Å². The minimum Gasteiger partial charge on any atom is -0.396 e. The predicted molar refractivity (Wildman–Crippen MR) is 79.1 cm³/mol. The number of carbonyl (C=O) groups is 1. The summed E-state index contributed by atoms with van der Waals surface area (Å²) in [7, 11) is 0. The van der Waals surface area contributed by atoms with E-state index in [1.54, 1.807) is 12.1 Å². The van der Waals surface area contributed by atoms with Crippen molar-refractivity contribution >= 4 is 17.3 Å². The molecule has 0 atom stereocenters. The van der Waals surface area contributed by atoms with Crippen molar-refractivity contribution in [2.45, 2.75) is 25.7 Å². The number of nitrogen functional groups attached to an aromatic ring is 1. The van der Waals surface area contributed by atoms with Crippen LogP contribution in [-0.2, 0) is 4.79 Å². The molecule has 0 bridgehead atoms. The van der Waals surface area contributed by atoms with Crippen LogP contribution in [0.1, 0.15) is 31.2 Å². The third kappa shape index (κ3) is 3.41. The van der Waals surface area contributed by atoms with Gasteiger partial charge in [-0.2, -0.15) is 5.26 Å². The first-order chi connectivity index (χ1) is 9.72. The number of nitriles is 1. The van der Waals surface area contributed by atoms with E-state index in [0.717, 1.165) is 31.6 Å². The summed E-state index contributed by atoms with van der Waals surface area (Å²) >= 11 is 0. The van der Waals surface area contributed by atoms with Crippen molar-refractivity contribution in [3.63, 3.8) is 0 Å². The van der Waals surface area contributed by atoms with Gasteiger partial charge in [0.1, 0.15) is 6.07 Å². The quantitative estimate of drug-likeness (QED) is 0.821. The average molecular weight is 272 g/mol. The first-order valence-corrected chi connectivity index (χ1v) is 7.02. The number of nitrogens with two attached hydrogens (primary N) is 1. The van der Waals surface area contributed by atoms with Gasteiger partial charge in [0.2, 0.25) is 5.91 Å². The van der Waals surface area contributed by atoms with Gasteiger partial charge in [0.25, 0.3) is 0 Å². The smallest absolute Gasteiger partial charge is 0.224 e. The molecule has 1 aromatic rings. The van der Waals surface area contributed by atoms with Crippen molar-refractivity contribution in [2.24, 2.45) is 0 Å². The molecule has 1 amide bonds. The standard InChI is InChI=1S/C15H20N4O/c16-11-12-5-4-6-13(15(12)17)18-8-7-14(20)19-9-2-1-3-10-19/h4-6,18H,1-3,7-10,17H2. The largest absolute Gasteiger partial charge is 0.396 e. The van der Waals surface area contributed by atoms with Crippen molar-refractivity contribution in [3.05, 3.63) is 23.8 Å². The summed E-state index contributed by atoms with van der Waals surface area (Å²) < 4.78 is 0. The number of anilines is 2. The van der Waals surface area contributed by atoms with Crippen LogP contribution in [0.4, 0.5) is 11.4 Å². The number of piperidine rings is 1. The minimum absolute atomic E-state index is 0.187. The summed E-state index contributed by atoms with van der Waals surface area (Å²) in [5.74, 6) is 0.187. The van der Waals surface area contributed by atoms with Gasteiger partial charge in [-0.25, -0.2) is 0 Å². The zero-order chi connectivity index (χ0) is 14.4. The summed E-state index contributed by atoms with van der Waals surface area (Å²) in [4.78, 5) is 13.9. The fourth-order valence-electron chi connectivity index (χ4n) is 2.42. The van der Waals surface area contributed by atoms with E-state index in [0.29, 0.717) is 24.2 Å². The molecule has 3 N–H and O–H groups in total. The number of nitrogens with one attached hydrogen (secondary N) is 1. The summed E-state index contributed by atoms with van der Waals surface area (Å²) in [6.45, 7) is 2.30. The van der Waals surface area contributed by atoms with E-state index in [-0.39, 0.29) is 5.91 Å². The maximum absolute atomic E-state index is 12.0. The highest BCUT2D eigenvalue weighted by atomic mass is 16.2. The van der Waals surface area contributed by atoms with E-state index in [4.69, 9.17) is 11.0 Å². The van der Waals surface area contributed by atoms with E-state index in [9.17, 15) is 4.79 Å². The minimum atomic E-state index is 0.187. The van der Waals surface area contributed by atoms with Gasteiger partial charge in [-0.05, 0) is 31.4 Å². The van der Waals surface area contributed by atoms with E-state index >= 15 is 0 Å². The van der Waals surface area contributed by atoms with Gasteiger partial charge in [0.15, 0.2) is 0 Å². The molecular formula is C15H20N4O. The lowest BCUT2D eigenvalue weighted by molar-refractivity contribution is -0.131. The molecule has 1 aromatic carbocycles. The molecule has 0 unspecified atom stereocenters. The lowest BCUT2D eigenvalue weighted by atomic mass is 10.1. The molecule has 1 aliphatic rings. The Kier molecular flexibility index (Phi) is 4.83. The van der Waals surface area contributed by atoms with E-state index in [2.05, 4.69) is 5.32 Å². The van der Waals surface area contributed by atoms with E-state index < -0.39 is 0 Å². The first-order valence-electron chi connectivity index (χ1n) is 7.02. The summed E-state index contributed by atoms with van der Waals surface area (Å²) in [5.41, 5.74) is 7.49. The number of para-hydroxylation sites is 1. The van der Waals surface area contributed by atoms with E-state index in [1.165, 1.54) is 6.42 Å². The molecular weight excluding hydrogens is 252 g/mol. The number of amides is 1. The van der Waals surface area contributed by atoms with Crippen LogP contribution in [0.5, 0.6) is 0 Å². The van der Waals surface area contributed by atoms with Gasteiger partial charge in [-0.1, -0.05) is 6.07 Å². The van der Waals surface area contributed by atoms with Crippen molar-refractivity contribution < 1.29 is 4.79 Å². The zero-order valence-electron chi connectivity index (χ0n) is 11.6. The van der Waals surface area contributed by atoms with Gasteiger partial charge in [-0.15, -0.1) is 0 Å². The lowest BCUT2D eigenvalue weighted by Gasteiger charge is -2.26. The number of hydrogen-bond donors (Lipinski definition) is 2. The molecule has 0 aliphatic carbocycles. The highest BCUT2D eigenvalue weighted by Gasteiger charge is 2.15. The van der Waals surface area contributed by atoms with Crippen LogP contribution < -0.4 is 11.1 Å². The molecule has 1 saturated heterocycles. The molecule has 5 heteroatoms.